The smallest absolute Gasteiger partial charge is 0.255 e. The summed E-state index contributed by atoms with van der Waals surface area (Å²) in [4.78, 5) is 53.9. The molecule has 1 aliphatic carbocycles. The largest absolute Gasteiger partial charge is 0.340 e. The van der Waals surface area contributed by atoms with Crippen LogP contribution in [0.15, 0.2) is 60.7 Å². The number of amides is 4. The van der Waals surface area contributed by atoms with Gasteiger partial charge in [0.2, 0.25) is 17.7 Å². The monoisotopic (exact) mass is 776 g/mol. The number of imide groups is 1. The summed E-state index contributed by atoms with van der Waals surface area (Å²) in [6.45, 7) is 6.38. The van der Waals surface area contributed by atoms with Gasteiger partial charge < -0.3 is 9.80 Å². The Kier molecular flexibility index (Phi) is 10.4. The molecule has 10 nitrogen and oxygen atoms in total. The number of aromatic nitrogens is 2. The summed E-state index contributed by atoms with van der Waals surface area (Å²) in [5, 5.41) is 16.8. The standard InChI is InChI=1S/C46H41ClN6O4/c1-28-29(2)53(50-43(28)36-17-18-37(23-48)40(47)22-36)26-33-8-4-30(5-9-33)6-10-34-24-51(25-34)45(56)35-14-11-31(12-15-35)3-7-32-13-16-38-27-52(46(57)39(38)21-32)41-19-20-42(54)49-44(41)55/h4-5,8-9,13,16-18,21-22,31,34-35,41H,11-12,14-15,19-20,24-27H2,1-2H3,(H,49,54,55). The number of carbonyl (C=O) groups is 4. The van der Waals surface area contributed by atoms with E-state index in [4.69, 9.17) is 16.7 Å². The molecule has 0 bridgehead atoms. The summed E-state index contributed by atoms with van der Waals surface area (Å²) < 4.78 is 1.98. The van der Waals surface area contributed by atoms with Crippen molar-refractivity contribution in [3.8, 4) is 41.0 Å². The van der Waals surface area contributed by atoms with Crippen molar-refractivity contribution in [2.75, 3.05) is 13.1 Å². The van der Waals surface area contributed by atoms with Crippen molar-refractivity contribution >= 4 is 35.2 Å². The van der Waals surface area contributed by atoms with Gasteiger partial charge in [0, 0.05) is 65.8 Å². The second-order valence-electron chi connectivity index (χ2n) is 15.5. The zero-order chi connectivity index (χ0) is 39.8. The molecule has 3 aliphatic heterocycles. The Morgan fingerprint density at radius 2 is 1.61 bits per heavy atom. The lowest BCUT2D eigenvalue weighted by molar-refractivity contribution is -0.142. The van der Waals surface area contributed by atoms with E-state index in [1.165, 1.54) is 0 Å². The van der Waals surface area contributed by atoms with E-state index < -0.39 is 11.9 Å². The van der Waals surface area contributed by atoms with Crippen molar-refractivity contribution in [3.63, 3.8) is 0 Å². The fourth-order valence-corrected chi connectivity index (χ4v) is 8.40. The van der Waals surface area contributed by atoms with E-state index in [1.807, 2.05) is 52.9 Å². The molecule has 0 radical (unpaired) electrons. The van der Waals surface area contributed by atoms with Gasteiger partial charge in [0.05, 0.1) is 28.7 Å². The molecular weight excluding hydrogens is 736 g/mol. The Morgan fingerprint density at radius 1 is 0.895 bits per heavy atom. The van der Waals surface area contributed by atoms with E-state index in [9.17, 15) is 24.4 Å². The molecule has 11 heteroatoms. The minimum atomic E-state index is -0.636. The molecule has 286 valence electrons. The summed E-state index contributed by atoms with van der Waals surface area (Å²) in [6.07, 6.45) is 3.89. The van der Waals surface area contributed by atoms with Crippen LogP contribution >= 0.6 is 11.6 Å². The number of hydrogen-bond donors (Lipinski definition) is 1. The predicted octanol–water partition coefficient (Wildman–Crippen LogP) is 6.17. The lowest BCUT2D eigenvalue weighted by Crippen LogP contribution is -2.52. The zero-order valence-corrected chi connectivity index (χ0v) is 32.7. The van der Waals surface area contributed by atoms with Gasteiger partial charge in [-0.25, -0.2) is 0 Å². The summed E-state index contributed by atoms with van der Waals surface area (Å²) in [5.41, 5.74) is 8.53. The quantitative estimate of drug-likeness (QED) is 0.191. The Bertz CT molecular complexity index is 2480. The molecule has 57 heavy (non-hydrogen) atoms. The molecule has 3 fully saturated rings. The first-order valence-electron chi connectivity index (χ1n) is 19.5. The van der Waals surface area contributed by atoms with E-state index in [0.717, 1.165) is 70.5 Å². The lowest BCUT2D eigenvalue weighted by Gasteiger charge is -2.39. The van der Waals surface area contributed by atoms with Crippen molar-refractivity contribution in [2.45, 2.75) is 71.5 Å². The summed E-state index contributed by atoms with van der Waals surface area (Å²) >= 11 is 6.29. The first kappa shape index (κ1) is 37.8. The number of carbonyl (C=O) groups excluding carboxylic acids is 4. The van der Waals surface area contributed by atoms with E-state index in [-0.39, 0.29) is 41.9 Å². The van der Waals surface area contributed by atoms with Crippen LogP contribution in [0, 0.1) is 66.6 Å². The molecule has 1 unspecified atom stereocenters. The predicted molar refractivity (Wildman–Crippen MR) is 214 cm³/mol. The highest BCUT2D eigenvalue weighted by molar-refractivity contribution is 6.32. The summed E-state index contributed by atoms with van der Waals surface area (Å²) in [5.74, 6) is 13.0. The van der Waals surface area contributed by atoms with Crippen molar-refractivity contribution in [2.24, 2.45) is 17.8 Å². The van der Waals surface area contributed by atoms with Crippen LogP contribution in [0.4, 0.5) is 0 Å². The number of halogens is 1. The van der Waals surface area contributed by atoms with Gasteiger partial charge in [0.1, 0.15) is 12.1 Å². The van der Waals surface area contributed by atoms with Crippen molar-refractivity contribution in [1.82, 2.24) is 24.9 Å². The van der Waals surface area contributed by atoms with Crippen molar-refractivity contribution < 1.29 is 19.2 Å². The van der Waals surface area contributed by atoms with Gasteiger partial charge in [0.25, 0.3) is 5.91 Å². The highest BCUT2D eigenvalue weighted by Gasteiger charge is 2.39. The van der Waals surface area contributed by atoms with Crippen LogP contribution in [0.5, 0.6) is 0 Å². The molecule has 4 amide bonds. The van der Waals surface area contributed by atoms with E-state index in [2.05, 4.69) is 54.1 Å². The van der Waals surface area contributed by atoms with Crippen LogP contribution in [0.2, 0.25) is 5.02 Å². The average molecular weight is 777 g/mol. The fourth-order valence-electron chi connectivity index (χ4n) is 8.18. The molecule has 1 atom stereocenters. The maximum atomic E-state index is 13.3. The fraction of sp³-hybridized carbons (Fsp3) is 0.348. The first-order chi connectivity index (χ1) is 27.5. The molecule has 1 aromatic heterocycles. The molecule has 4 aliphatic rings. The normalized spacial score (nSPS) is 20.4. The van der Waals surface area contributed by atoms with Crippen molar-refractivity contribution in [3.05, 3.63) is 110 Å². The Hall–Kier alpha value is -6.15. The number of fused-ring (bicyclic) bond motifs is 1. The minimum absolute atomic E-state index is 0.0144. The number of hydrogen-bond acceptors (Lipinski definition) is 6. The highest BCUT2D eigenvalue weighted by atomic mass is 35.5. The van der Waals surface area contributed by atoms with E-state index >= 15 is 0 Å². The van der Waals surface area contributed by atoms with Gasteiger partial charge in [-0.05, 0) is 99.0 Å². The number of nitrogens with one attached hydrogen (secondary N) is 1. The Morgan fingerprint density at radius 3 is 2.33 bits per heavy atom. The molecule has 8 rings (SSSR count). The molecule has 4 aromatic rings. The van der Waals surface area contributed by atoms with Gasteiger partial charge in [-0.1, -0.05) is 59.5 Å². The lowest BCUT2D eigenvalue weighted by atomic mass is 9.81. The van der Waals surface area contributed by atoms with Crippen LogP contribution in [0.25, 0.3) is 11.3 Å². The third-order valence-corrected chi connectivity index (χ3v) is 12.1. The first-order valence-corrected chi connectivity index (χ1v) is 19.8. The van der Waals surface area contributed by atoms with Crippen LogP contribution in [0.3, 0.4) is 0 Å². The third-order valence-electron chi connectivity index (χ3n) is 11.8. The number of likely N-dealkylation sites (tertiary alicyclic amines) is 1. The number of nitriles is 1. The van der Waals surface area contributed by atoms with Crippen LogP contribution in [-0.4, -0.2) is 62.3 Å². The Balaban J connectivity index is 0.790. The van der Waals surface area contributed by atoms with Crippen molar-refractivity contribution in [1.29, 1.82) is 5.26 Å². The van der Waals surface area contributed by atoms with Gasteiger partial charge >= 0.3 is 0 Å². The SMILES string of the molecule is Cc1c(-c2ccc(C#N)c(Cl)c2)nn(Cc2ccc(C#CC3CN(C(=O)C4CCC(C#Cc5ccc6c(c5)C(=O)N(C5CCC(=O)NC5=O)C6)CC4)C3)cc2)c1C. The van der Waals surface area contributed by atoms with Gasteiger partial charge in [-0.3, -0.25) is 29.2 Å². The van der Waals surface area contributed by atoms with Crippen LogP contribution in [0.1, 0.15) is 88.0 Å². The molecule has 1 N–H and O–H groups in total. The molecule has 3 aromatic carbocycles. The summed E-state index contributed by atoms with van der Waals surface area (Å²) in [7, 11) is 0. The maximum absolute atomic E-state index is 13.3. The van der Waals surface area contributed by atoms with E-state index in [0.29, 0.717) is 48.7 Å². The van der Waals surface area contributed by atoms with Gasteiger partial charge in [-0.2, -0.15) is 10.4 Å². The van der Waals surface area contributed by atoms with E-state index in [1.54, 1.807) is 17.0 Å². The summed E-state index contributed by atoms with van der Waals surface area (Å²) in [6, 6.07) is 20.7. The van der Waals surface area contributed by atoms with Crippen LogP contribution in [-0.2, 0) is 27.5 Å². The highest BCUT2D eigenvalue weighted by Crippen LogP contribution is 2.33. The second kappa shape index (κ2) is 15.8. The minimum Gasteiger partial charge on any atom is -0.340 e. The molecule has 2 saturated heterocycles. The molecule has 4 heterocycles. The number of rotatable bonds is 5. The molecular formula is C46H41ClN6O4. The average Bonchev–Trinajstić information content (AvgIpc) is 3.67. The topological polar surface area (TPSA) is 128 Å². The third kappa shape index (κ3) is 7.82. The zero-order valence-electron chi connectivity index (χ0n) is 31.9. The van der Waals surface area contributed by atoms with Gasteiger partial charge in [0.15, 0.2) is 0 Å². The number of piperidine rings is 1. The molecule has 1 saturated carbocycles. The second-order valence-corrected chi connectivity index (χ2v) is 15.9. The van der Waals surface area contributed by atoms with Gasteiger partial charge in [-0.15, -0.1) is 0 Å². The number of nitrogens with zero attached hydrogens (tertiary/aromatic N) is 5. The number of benzene rings is 3. The Labute approximate surface area is 337 Å². The van der Waals surface area contributed by atoms with Crippen LogP contribution < -0.4 is 5.32 Å². The maximum Gasteiger partial charge on any atom is 0.255 e. The molecule has 0 spiro atoms.